The second kappa shape index (κ2) is 5.06. The molecular weight excluding hydrogens is 282 g/mol. The quantitative estimate of drug-likeness (QED) is 0.747. The Balaban J connectivity index is 1.99. The van der Waals surface area contributed by atoms with Crippen molar-refractivity contribution in [3.05, 3.63) is 27.7 Å². The van der Waals surface area contributed by atoms with Crippen LogP contribution in [0.5, 0.6) is 5.88 Å². The normalized spacial score (nSPS) is 11.0. The van der Waals surface area contributed by atoms with E-state index in [-0.39, 0.29) is 0 Å². The average Bonchev–Trinajstić information content (AvgIpc) is 3.03. The molecule has 8 heteroatoms. The van der Waals surface area contributed by atoms with E-state index < -0.39 is 0 Å². The van der Waals surface area contributed by atoms with Crippen LogP contribution in [0.15, 0.2) is 17.2 Å². The molecular formula is C11H11N5OS2. The highest BCUT2D eigenvalue weighted by Gasteiger charge is 2.11. The highest BCUT2D eigenvalue weighted by Crippen LogP contribution is 2.20. The third kappa shape index (κ3) is 2.24. The van der Waals surface area contributed by atoms with Gasteiger partial charge in [0.1, 0.15) is 11.8 Å². The lowest BCUT2D eigenvalue weighted by molar-refractivity contribution is 0.401. The first-order valence-corrected chi connectivity index (χ1v) is 6.99. The van der Waals surface area contributed by atoms with Crippen LogP contribution in [-0.4, -0.2) is 31.6 Å². The number of methoxy groups -OCH3 is 1. The molecule has 0 aromatic carbocycles. The number of H-pyrrole nitrogens is 1. The van der Waals surface area contributed by atoms with Crippen molar-refractivity contribution in [2.45, 2.75) is 13.0 Å². The van der Waals surface area contributed by atoms with Crippen molar-refractivity contribution in [2.24, 2.45) is 0 Å². The number of hydrogen-bond acceptors (Lipinski definition) is 6. The number of aromatic amines is 1. The molecule has 3 rings (SSSR count). The molecule has 0 aliphatic heterocycles. The van der Waals surface area contributed by atoms with Gasteiger partial charge in [-0.2, -0.15) is 4.98 Å². The van der Waals surface area contributed by atoms with Crippen LogP contribution in [0.2, 0.25) is 0 Å². The van der Waals surface area contributed by atoms with Gasteiger partial charge in [0.2, 0.25) is 5.88 Å². The van der Waals surface area contributed by atoms with E-state index in [4.69, 9.17) is 17.0 Å². The number of ether oxygens (including phenoxy) is 1. The Morgan fingerprint density at radius 3 is 3.05 bits per heavy atom. The van der Waals surface area contributed by atoms with E-state index in [1.165, 1.54) is 6.33 Å². The fourth-order valence-corrected chi connectivity index (χ4v) is 2.77. The molecule has 98 valence electrons. The van der Waals surface area contributed by atoms with Gasteiger partial charge in [0.25, 0.3) is 0 Å². The van der Waals surface area contributed by atoms with Crippen LogP contribution in [-0.2, 0) is 13.0 Å². The minimum absolute atomic E-state index is 0.503. The van der Waals surface area contributed by atoms with Crippen molar-refractivity contribution >= 4 is 34.7 Å². The largest absolute Gasteiger partial charge is 0.479 e. The molecule has 0 atom stereocenters. The van der Waals surface area contributed by atoms with Gasteiger partial charge >= 0.3 is 0 Å². The second-order valence-electron chi connectivity index (χ2n) is 3.89. The molecule has 0 bridgehead atoms. The van der Waals surface area contributed by atoms with E-state index in [0.29, 0.717) is 10.7 Å². The molecule has 0 aliphatic carbocycles. The summed E-state index contributed by atoms with van der Waals surface area (Å²) in [6.45, 7) is 0.725. The summed E-state index contributed by atoms with van der Waals surface area (Å²) < 4.78 is 7.75. The smallest absolute Gasteiger partial charge is 0.242 e. The SMILES string of the molecule is COc1ncnc2c1[nH]c(=S)n2CCc1cscn1. The standard InChI is InChI=1S/C11H11N5OS2/c1-17-10-8-9(12-5-13-10)16(11(18)15-8)3-2-7-4-19-6-14-7/h4-6H,2-3H2,1H3,(H,15,18). The topological polar surface area (TPSA) is 68.6 Å². The van der Waals surface area contributed by atoms with Crippen LogP contribution in [0.4, 0.5) is 0 Å². The molecule has 3 aromatic heterocycles. The number of aromatic nitrogens is 5. The molecule has 0 spiro atoms. The summed E-state index contributed by atoms with van der Waals surface area (Å²) in [5, 5.41) is 2.04. The second-order valence-corrected chi connectivity index (χ2v) is 5.00. The summed E-state index contributed by atoms with van der Waals surface area (Å²) in [7, 11) is 1.57. The minimum Gasteiger partial charge on any atom is -0.479 e. The Labute approximate surface area is 118 Å². The van der Waals surface area contributed by atoms with Crippen LogP contribution in [0.1, 0.15) is 5.69 Å². The van der Waals surface area contributed by atoms with Gasteiger partial charge in [-0.25, -0.2) is 9.97 Å². The monoisotopic (exact) mass is 293 g/mol. The highest BCUT2D eigenvalue weighted by molar-refractivity contribution is 7.71. The van der Waals surface area contributed by atoms with Gasteiger partial charge in [-0.1, -0.05) is 0 Å². The zero-order valence-electron chi connectivity index (χ0n) is 10.2. The lowest BCUT2D eigenvalue weighted by Gasteiger charge is -2.02. The summed E-state index contributed by atoms with van der Waals surface area (Å²) in [4.78, 5) is 15.7. The molecule has 0 fully saturated rings. The van der Waals surface area contributed by atoms with E-state index in [0.717, 1.165) is 29.8 Å². The number of thiazole rings is 1. The van der Waals surface area contributed by atoms with Crippen LogP contribution >= 0.6 is 23.6 Å². The molecule has 6 nitrogen and oxygen atoms in total. The Morgan fingerprint density at radius 2 is 2.32 bits per heavy atom. The molecule has 3 heterocycles. The van der Waals surface area contributed by atoms with Crippen molar-refractivity contribution in [1.29, 1.82) is 0 Å². The number of nitrogens with one attached hydrogen (secondary N) is 1. The fraction of sp³-hybridized carbons (Fsp3) is 0.273. The van der Waals surface area contributed by atoms with Gasteiger partial charge in [-0.3, -0.25) is 0 Å². The fourth-order valence-electron chi connectivity index (χ4n) is 1.89. The van der Waals surface area contributed by atoms with Crippen molar-refractivity contribution in [3.8, 4) is 5.88 Å². The minimum atomic E-state index is 0.503. The first-order chi connectivity index (χ1) is 9.29. The predicted octanol–water partition coefficient (Wildman–Crippen LogP) is 2.20. The molecule has 0 aliphatic rings. The molecule has 0 saturated carbocycles. The van der Waals surface area contributed by atoms with E-state index in [9.17, 15) is 0 Å². The first kappa shape index (κ1) is 12.2. The zero-order chi connectivity index (χ0) is 13.2. The molecule has 0 saturated heterocycles. The lowest BCUT2D eigenvalue weighted by atomic mass is 10.3. The lowest BCUT2D eigenvalue weighted by Crippen LogP contribution is -2.03. The van der Waals surface area contributed by atoms with Gasteiger partial charge in [-0.05, 0) is 12.2 Å². The Kier molecular flexibility index (Phi) is 3.26. The summed E-state index contributed by atoms with van der Waals surface area (Å²) in [6, 6.07) is 0. The zero-order valence-corrected chi connectivity index (χ0v) is 11.8. The maximum Gasteiger partial charge on any atom is 0.242 e. The van der Waals surface area contributed by atoms with Crippen molar-refractivity contribution < 1.29 is 4.74 Å². The van der Waals surface area contributed by atoms with E-state index >= 15 is 0 Å². The van der Waals surface area contributed by atoms with Crippen LogP contribution < -0.4 is 4.74 Å². The average molecular weight is 293 g/mol. The van der Waals surface area contributed by atoms with E-state index in [1.54, 1.807) is 18.4 Å². The molecule has 0 radical (unpaired) electrons. The van der Waals surface area contributed by atoms with Gasteiger partial charge in [0.15, 0.2) is 10.4 Å². The van der Waals surface area contributed by atoms with Gasteiger partial charge in [0, 0.05) is 18.3 Å². The third-order valence-electron chi connectivity index (χ3n) is 2.79. The summed E-state index contributed by atoms with van der Waals surface area (Å²) in [5.41, 5.74) is 4.37. The predicted molar refractivity (Wildman–Crippen MR) is 75.1 cm³/mol. The molecule has 0 unspecified atom stereocenters. The number of hydrogen-bond donors (Lipinski definition) is 1. The van der Waals surface area contributed by atoms with Gasteiger partial charge < -0.3 is 14.3 Å². The molecule has 0 amide bonds. The molecule has 3 aromatic rings. The first-order valence-electron chi connectivity index (χ1n) is 5.64. The van der Waals surface area contributed by atoms with Gasteiger partial charge in [0.05, 0.1) is 18.3 Å². The Morgan fingerprint density at radius 1 is 1.42 bits per heavy atom. The van der Waals surface area contributed by atoms with Crippen molar-refractivity contribution in [1.82, 2.24) is 24.5 Å². The van der Waals surface area contributed by atoms with Crippen molar-refractivity contribution in [3.63, 3.8) is 0 Å². The maximum absolute atomic E-state index is 5.32. The number of fused-ring (bicyclic) bond motifs is 1. The number of nitrogens with zero attached hydrogens (tertiary/aromatic N) is 4. The Hall–Kier alpha value is -1.80. The molecule has 1 N–H and O–H groups in total. The number of imidazole rings is 1. The highest BCUT2D eigenvalue weighted by atomic mass is 32.1. The Bertz CT molecular complexity index is 746. The number of rotatable bonds is 4. The summed E-state index contributed by atoms with van der Waals surface area (Å²) >= 11 is 6.91. The van der Waals surface area contributed by atoms with Crippen LogP contribution in [0, 0.1) is 4.77 Å². The van der Waals surface area contributed by atoms with E-state index in [2.05, 4.69) is 19.9 Å². The van der Waals surface area contributed by atoms with Crippen LogP contribution in [0.3, 0.4) is 0 Å². The number of aryl methyl sites for hydroxylation is 2. The molecule has 19 heavy (non-hydrogen) atoms. The van der Waals surface area contributed by atoms with E-state index in [1.807, 2.05) is 15.5 Å². The summed E-state index contributed by atoms with van der Waals surface area (Å²) in [6.07, 6.45) is 2.29. The van der Waals surface area contributed by atoms with Crippen molar-refractivity contribution in [2.75, 3.05) is 7.11 Å². The van der Waals surface area contributed by atoms with Crippen LogP contribution in [0.25, 0.3) is 11.2 Å². The maximum atomic E-state index is 5.32. The third-order valence-corrected chi connectivity index (χ3v) is 3.75. The van der Waals surface area contributed by atoms with Gasteiger partial charge in [-0.15, -0.1) is 11.3 Å². The summed E-state index contributed by atoms with van der Waals surface area (Å²) in [5.74, 6) is 0.503.